The van der Waals surface area contributed by atoms with E-state index in [1.54, 1.807) is 0 Å². The number of rotatable bonds is 4. The van der Waals surface area contributed by atoms with Crippen molar-refractivity contribution >= 4 is 5.97 Å². The summed E-state index contributed by atoms with van der Waals surface area (Å²) >= 11 is 0. The van der Waals surface area contributed by atoms with Crippen molar-refractivity contribution in [3.8, 4) is 5.75 Å². The van der Waals surface area contributed by atoms with E-state index < -0.39 is 29.0 Å². The maximum absolute atomic E-state index is 12.9. The van der Waals surface area contributed by atoms with Gasteiger partial charge in [0, 0.05) is 6.92 Å². The van der Waals surface area contributed by atoms with E-state index in [0.29, 0.717) is 6.07 Å². The largest absolute Gasteiger partial charge is 0.483 e. The minimum absolute atomic E-state index is 0.0166. The molecular weight excluding hydrogens is 293 g/mol. The van der Waals surface area contributed by atoms with Crippen molar-refractivity contribution in [2.24, 2.45) is 0 Å². The first kappa shape index (κ1) is 14.8. The van der Waals surface area contributed by atoms with Gasteiger partial charge in [-0.25, -0.2) is 4.79 Å². The van der Waals surface area contributed by atoms with Crippen LogP contribution in [-0.2, 0) is 12.8 Å². The SMILES string of the molecule is Cc1nnc(COc2ccc(C(=O)O)cc2C(F)(F)F)o1. The van der Waals surface area contributed by atoms with E-state index in [0.717, 1.165) is 12.1 Å². The Morgan fingerprint density at radius 3 is 2.62 bits per heavy atom. The number of carbonyl (C=O) groups is 1. The number of carboxylic acids is 1. The van der Waals surface area contributed by atoms with Crippen molar-refractivity contribution in [1.29, 1.82) is 0 Å². The Bertz CT molecular complexity index is 667. The highest BCUT2D eigenvalue weighted by Gasteiger charge is 2.35. The lowest BCUT2D eigenvalue weighted by Gasteiger charge is -2.13. The third-order valence-electron chi connectivity index (χ3n) is 2.45. The summed E-state index contributed by atoms with van der Waals surface area (Å²) in [4.78, 5) is 10.7. The van der Waals surface area contributed by atoms with Gasteiger partial charge in [0.25, 0.3) is 5.89 Å². The third-order valence-corrected chi connectivity index (χ3v) is 2.45. The number of ether oxygens (including phenoxy) is 1. The Morgan fingerprint density at radius 2 is 2.10 bits per heavy atom. The van der Waals surface area contributed by atoms with Crippen LogP contribution in [0.4, 0.5) is 13.2 Å². The highest BCUT2D eigenvalue weighted by atomic mass is 19.4. The van der Waals surface area contributed by atoms with Gasteiger partial charge in [0.2, 0.25) is 5.89 Å². The highest BCUT2D eigenvalue weighted by Crippen LogP contribution is 2.37. The molecule has 112 valence electrons. The van der Waals surface area contributed by atoms with Gasteiger partial charge >= 0.3 is 12.1 Å². The molecule has 0 saturated carbocycles. The van der Waals surface area contributed by atoms with Crippen LogP contribution in [0.25, 0.3) is 0 Å². The number of halogens is 3. The number of carboxylic acid groups (broad SMARTS) is 1. The minimum Gasteiger partial charge on any atom is -0.483 e. The van der Waals surface area contributed by atoms with Crippen LogP contribution in [0.2, 0.25) is 0 Å². The lowest BCUT2D eigenvalue weighted by molar-refractivity contribution is -0.139. The standard InChI is InChI=1S/C12H9F3N2O4/c1-6-16-17-10(21-6)5-20-9-3-2-7(11(18)19)4-8(9)12(13,14)15/h2-4H,5H2,1H3,(H,18,19). The topological polar surface area (TPSA) is 85.5 Å². The molecule has 21 heavy (non-hydrogen) atoms. The van der Waals surface area contributed by atoms with E-state index in [9.17, 15) is 18.0 Å². The van der Waals surface area contributed by atoms with E-state index in [2.05, 4.69) is 10.2 Å². The lowest BCUT2D eigenvalue weighted by atomic mass is 10.1. The van der Waals surface area contributed by atoms with Gasteiger partial charge in [0.15, 0.2) is 6.61 Å². The van der Waals surface area contributed by atoms with E-state index in [4.69, 9.17) is 14.3 Å². The fourth-order valence-corrected chi connectivity index (χ4v) is 1.55. The van der Waals surface area contributed by atoms with Crippen LogP contribution in [0, 0.1) is 6.92 Å². The van der Waals surface area contributed by atoms with Crippen LogP contribution in [0.15, 0.2) is 22.6 Å². The maximum Gasteiger partial charge on any atom is 0.419 e. The molecule has 9 heteroatoms. The molecule has 0 atom stereocenters. The smallest absolute Gasteiger partial charge is 0.419 e. The molecule has 0 bridgehead atoms. The molecule has 0 saturated heterocycles. The zero-order chi connectivity index (χ0) is 15.6. The quantitative estimate of drug-likeness (QED) is 0.934. The van der Waals surface area contributed by atoms with Gasteiger partial charge in [-0.1, -0.05) is 0 Å². The molecule has 1 aromatic heterocycles. The summed E-state index contributed by atoms with van der Waals surface area (Å²) in [6, 6.07) is 2.47. The predicted molar refractivity (Wildman–Crippen MR) is 61.8 cm³/mol. The zero-order valence-electron chi connectivity index (χ0n) is 10.6. The summed E-state index contributed by atoms with van der Waals surface area (Å²) < 4.78 is 48.7. The molecule has 0 spiro atoms. The van der Waals surface area contributed by atoms with E-state index >= 15 is 0 Å². The molecule has 1 heterocycles. The number of aryl methyl sites for hydroxylation is 1. The summed E-state index contributed by atoms with van der Waals surface area (Å²) in [5.41, 5.74) is -1.66. The molecule has 1 N–H and O–H groups in total. The van der Waals surface area contributed by atoms with Gasteiger partial charge < -0.3 is 14.3 Å². The summed E-state index contributed by atoms with van der Waals surface area (Å²) in [7, 11) is 0. The third kappa shape index (κ3) is 3.50. The van der Waals surface area contributed by atoms with Gasteiger partial charge in [-0.2, -0.15) is 13.2 Å². The Balaban J connectivity index is 2.27. The molecule has 0 unspecified atom stereocenters. The molecule has 0 aliphatic rings. The van der Waals surface area contributed by atoms with Crippen LogP contribution in [-0.4, -0.2) is 21.3 Å². The molecule has 0 radical (unpaired) electrons. The van der Waals surface area contributed by atoms with Crippen LogP contribution in [0.3, 0.4) is 0 Å². The molecule has 0 amide bonds. The Kier molecular flexibility index (Phi) is 3.83. The van der Waals surface area contributed by atoms with E-state index in [-0.39, 0.29) is 18.4 Å². The average Bonchev–Trinajstić information content (AvgIpc) is 2.81. The zero-order valence-corrected chi connectivity index (χ0v) is 10.6. The number of nitrogens with zero attached hydrogens (tertiary/aromatic N) is 2. The van der Waals surface area contributed by atoms with Gasteiger partial charge in [-0.3, -0.25) is 0 Å². The van der Waals surface area contributed by atoms with Crippen molar-refractivity contribution in [1.82, 2.24) is 10.2 Å². The second-order valence-electron chi connectivity index (χ2n) is 4.02. The number of hydrogen-bond donors (Lipinski definition) is 1. The minimum atomic E-state index is -4.74. The number of aromatic nitrogens is 2. The first-order chi connectivity index (χ1) is 9.77. The molecule has 0 aliphatic carbocycles. The Morgan fingerprint density at radius 1 is 1.38 bits per heavy atom. The van der Waals surface area contributed by atoms with Gasteiger partial charge in [0.1, 0.15) is 5.75 Å². The first-order valence-electron chi connectivity index (χ1n) is 5.63. The van der Waals surface area contributed by atoms with Crippen molar-refractivity contribution in [3.05, 3.63) is 41.1 Å². The summed E-state index contributed by atoms with van der Waals surface area (Å²) in [5.74, 6) is -1.70. The van der Waals surface area contributed by atoms with Crippen molar-refractivity contribution < 1.29 is 32.2 Å². The molecule has 2 rings (SSSR count). The number of hydrogen-bond acceptors (Lipinski definition) is 5. The van der Waals surface area contributed by atoms with Crippen molar-refractivity contribution in [3.63, 3.8) is 0 Å². The lowest BCUT2D eigenvalue weighted by Crippen LogP contribution is -2.11. The second kappa shape index (κ2) is 5.43. The number of alkyl halides is 3. The highest BCUT2D eigenvalue weighted by molar-refractivity contribution is 5.88. The van der Waals surface area contributed by atoms with Crippen LogP contribution >= 0.6 is 0 Å². The molecule has 1 aromatic carbocycles. The van der Waals surface area contributed by atoms with Crippen LogP contribution in [0.1, 0.15) is 27.7 Å². The maximum atomic E-state index is 12.9. The van der Waals surface area contributed by atoms with Gasteiger partial charge in [-0.15, -0.1) is 10.2 Å². The Hall–Kier alpha value is -2.58. The predicted octanol–water partition coefficient (Wildman–Crippen LogP) is 2.67. The normalized spacial score (nSPS) is 11.4. The Labute approximate surface area is 116 Å². The fraction of sp³-hybridized carbons (Fsp3) is 0.250. The van der Waals surface area contributed by atoms with E-state index in [1.165, 1.54) is 6.92 Å². The summed E-state index contributed by atoms with van der Waals surface area (Å²) in [6.45, 7) is 1.18. The van der Waals surface area contributed by atoms with Gasteiger partial charge in [-0.05, 0) is 18.2 Å². The van der Waals surface area contributed by atoms with Crippen LogP contribution in [0.5, 0.6) is 5.75 Å². The van der Waals surface area contributed by atoms with Crippen molar-refractivity contribution in [2.75, 3.05) is 0 Å². The molecule has 0 aliphatic heterocycles. The molecular formula is C12H9F3N2O4. The second-order valence-corrected chi connectivity index (χ2v) is 4.02. The van der Waals surface area contributed by atoms with E-state index in [1.807, 2.05) is 0 Å². The van der Waals surface area contributed by atoms with Crippen molar-refractivity contribution in [2.45, 2.75) is 19.7 Å². The summed E-state index contributed by atoms with van der Waals surface area (Å²) in [6.07, 6.45) is -4.74. The molecule has 6 nitrogen and oxygen atoms in total. The monoisotopic (exact) mass is 302 g/mol. The number of aromatic carboxylic acids is 1. The summed E-state index contributed by atoms with van der Waals surface area (Å²) in [5, 5.41) is 15.8. The number of benzene rings is 1. The fourth-order valence-electron chi connectivity index (χ4n) is 1.55. The van der Waals surface area contributed by atoms with Crippen LogP contribution < -0.4 is 4.74 Å². The molecule has 2 aromatic rings. The van der Waals surface area contributed by atoms with Gasteiger partial charge in [0.05, 0.1) is 11.1 Å². The first-order valence-corrected chi connectivity index (χ1v) is 5.63. The molecule has 0 fully saturated rings. The average molecular weight is 302 g/mol.